The normalized spacial score (nSPS) is 16.5. The van der Waals surface area contributed by atoms with Crippen molar-refractivity contribution in [3.05, 3.63) is 35.4 Å². The molecule has 0 spiro atoms. The molecule has 1 aromatic rings. The van der Waals surface area contributed by atoms with Crippen LogP contribution in [0.2, 0.25) is 0 Å². The highest BCUT2D eigenvalue weighted by Crippen LogP contribution is 2.22. The Morgan fingerprint density at radius 1 is 1.12 bits per heavy atom. The molecule has 1 aliphatic carbocycles. The molecule has 1 aliphatic rings. The Hall–Kier alpha value is -1.39. The Kier molecular flexibility index (Phi) is 7.73. The van der Waals surface area contributed by atoms with Crippen molar-refractivity contribution in [2.24, 2.45) is 5.92 Å². The van der Waals surface area contributed by atoms with Gasteiger partial charge in [0.1, 0.15) is 12.1 Å². The molecule has 0 aromatic heterocycles. The first-order valence-electron chi connectivity index (χ1n) is 9.24. The monoisotopic (exact) mass is 332 g/mol. The molecule has 134 valence electrons. The van der Waals surface area contributed by atoms with E-state index in [0.717, 1.165) is 25.8 Å². The summed E-state index contributed by atoms with van der Waals surface area (Å²) in [4.78, 5) is 12.5. The first-order valence-corrected chi connectivity index (χ1v) is 9.24. The second kappa shape index (κ2) is 9.80. The fourth-order valence-electron chi connectivity index (χ4n) is 3.21. The van der Waals surface area contributed by atoms with Crippen LogP contribution in [0, 0.1) is 5.92 Å². The van der Waals surface area contributed by atoms with Crippen molar-refractivity contribution in [2.75, 3.05) is 7.05 Å². The van der Waals surface area contributed by atoms with Crippen molar-refractivity contribution >= 4 is 5.97 Å². The lowest BCUT2D eigenvalue weighted by molar-refractivity contribution is -0.151. The summed E-state index contributed by atoms with van der Waals surface area (Å²) in [6.45, 7) is 5.85. The highest BCUT2D eigenvalue weighted by atomic mass is 16.5. The van der Waals surface area contributed by atoms with Crippen molar-refractivity contribution in [3.63, 3.8) is 0 Å². The third-order valence-corrected chi connectivity index (χ3v) is 4.53. The summed E-state index contributed by atoms with van der Waals surface area (Å²) in [6, 6.07) is 8.27. The fourth-order valence-corrected chi connectivity index (χ4v) is 3.21. The third kappa shape index (κ3) is 6.25. The second-order valence-electron chi connectivity index (χ2n) is 7.25. The summed E-state index contributed by atoms with van der Waals surface area (Å²) in [5.41, 5.74) is 2.46. The number of carbonyl (C=O) groups excluding carboxylic acids is 1. The zero-order chi connectivity index (χ0) is 17.4. The lowest BCUT2D eigenvalue weighted by Gasteiger charge is -2.22. The zero-order valence-electron chi connectivity index (χ0n) is 15.3. The lowest BCUT2D eigenvalue weighted by Crippen LogP contribution is -2.40. The van der Waals surface area contributed by atoms with Crippen LogP contribution in [0.4, 0.5) is 0 Å². The maximum Gasteiger partial charge on any atom is 0.323 e. The number of rotatable bonds is 9. The van der Waals surface area contributed by atoms with Crippen molar-refractivity contribution in [2.45, 2.75) is 71.2 Å². The van der Waals surface area contributed by atoms with E-state index in [-0.39, 0.29) is 18.1 Å². The molecule has 1 aromatic carbocycles. The molecular formula is C20H32N2O2. The number of carbonyl (C=O) groups is 1. The van der Waals surface area contributed by atoms with E-state index < -0.39 is 0 Å². The Bertz CT molecular complexity index is 493. The van der Waals surface area contributed by atoms with Crippen molar-refractivity contribution in [3.8, 4) is 0 Å². The van der Waals surface area contributed by atoms with Crippen LogP contribution in [0.25, 0.3) is 0 Å². The van der Waals surface area contributed by atoms with Gasteiger partial charge in [-0.2, -0.15) is 0 Å². The second-order valence-corrected chi connectivity index (χ2v) is 7.25. The topological polar surface area (TPSA) is 50.4 Å². The molecule has 24 heavy (non-hydrogen) atoms. The minimum Gasteiger partial charge on any atom is -0.461 e. The summed E-state index contributed by atoms with van der Waals surface area (Å²) < 4.78 is 5.70. The molecule has 0 aliphatic heterocycles. The first-order chi connectivity index (χ1) is 11.6. The Morgan fingerprint density at radius 3 is 2.25 bits per heavy atom. The minimum atomic E-state index is -0.220. The number of nitrogens with one attached hydrogen (secondary N) is 2. The van der Waals surface area contributed by atoms with E-state index >= 15 is 0 Å². The van der Waals surface area contributed by atoms with Gasteiger partial charge in [-0.3, -0.25) is 4.79 Å². The van der Waals surface area contributed by atoms with Gasteiger partial charge in [0.05, 0.1) is 0 Å². The van der Waals surface area contributed by atoms with Crippen LogP contribution in [0.15, 0.2) is 24.3 Å². The summed E-state index contributed by atoms with van der Waals surface area (Å²) >= 11 is 0. The predicted molar refractivity (Wildman–Crippen MR) is 97.6 cm³/mol. The summed E-state index contributed by atoms with van der Waals surface area (Å²) in [5.74, 6) is 0.374. The summed E-state index contributed by atoms with van der Waals surface area (Å²) in [5, 5.41) is 6.55. The van der Waals surface area contributed by atoms with Gasteiger partial charge in [0.15, 0.2) is 0 Å². The van der Waals surface area contributed by atoms with Gasteiger partial charge in [-0.15, -0.1) is 0 Å². The molecule has 4 nitrogen and oxygen atoms in total. The van der Waals surface area contributed by atoms with Crippen LogP contribution in [0.5, 0.6) is 0 Å². The van der Waals surface area contributed by atoms with E-state index in [2.05, 4.69) is 48.7 Å². The van der Waals surface area contributed by atoms with E-state index in [4.69, 9.17) is 4.74 Å². The Labute approximate surface area is 146 Å². The van der Waals surface area contributed by atoms with E-state index in [0.29, 0.717) is 12.5 Å². The van der Waals surface area contributed by atoms with E-state index in [1.807, 2.05) is 7.05 Å². The van der Waals surface area contributed by atoms with Gasteiger partial charge in [-0.1, -0.05) is 38.1 Å². The Balaban J connectivity index is 1.88. The highest BCUT2D eigenvalue weighted by Gasteiger charge is 2.25. The SMILES string of the molecule is CNCc1ccc(CN[C@@H](CC(C)C)C(=O)OC2CCCC2)cc1. The van der Waals surface area contributed by atoms with Crippen LogP contribution in [-0.4, -0.2) is 25.2 Å². The van der Waals surface area contributed by atoms with Gasteiger partial charge in [0.25, 0.3) is 0 Å². The number of hydrogen-bond acceptors (Lipinski definition) is 4. The van der Waals surface area contributed by atoms with Crippen LogP contribution >= 0.6 is 0 Å². The van der Waals surface area contributed by atoms with Gasteiger partial charge in [-0.05, 0) is 56.2 Å². The van der Waals surface area contributed by atoms with E-state index in [1.54, 1.807) is 0 Å². The Morgan fingerprint density at radius 2 is 1.71 bits per heavy atom. The van der Waals surface area contributed by atoms with Crippen molar-refractivity contribution in [1.29, 1.82) is 0 Å². The lowest BCUT2D eigenvalue weighted by atomic mass is 10.0. The number of benzene rings is 1. The molecule has 4 heteroatoms. The smallest absolute Gasteiger partial charge is 0.323 e. The van der Waals surface area contributed by atoms with Crippen molar-refractivity contribution in [1.82, 2.24) is 10.6 Å². The molecule has 0 saturated heterocycles. The molecule has 0 radical (unpaired) electrons. The van der Waals surface area contributed by atoms with Gasteiger partial charge in [0, 0.05) is 13.1 Å². The number of hydrogen-bond donors (Lipinski definition) is 2. The maximum atomic E-state index is 12.5. The average molecular weight is 332 g/mol. The van der Waals surface area contributed by atoms with Crippen LogP contribution in [0.1, 0.15) is 57.1 Å². The van der Waals surface area contributed by atoms with Gasteiger partial charge < -0.3 is 15.4 Å². The van der Waals surface area contributed by atoms with Gasteiger partial charge in [-0.25, -0.2) is 0 Å². The molecule has 2 rings (SSSR count). The molecule has 0 amide bonds. The first kappa shape index (κ1) is 18.9. The van der Waals surface area contributed by atoms with Crippen LogP contribution in [0.3, 0.4) is 0 Å². The molecular weight excluding hydrogens is 300 g/mol. The van der Waals surface area contributed by atoms with E-state index in [1.165, 1.54) is 24.0 Å². The van der Waals surface area contributed by atoms with Crippen molar-refractivity contribution < 1.29 is 9.53 Å². The molecule has 1 atom stereocenters. The van der Waals surface area contributed by atoms with E-state index in [9.17, 15) is 4.79 Å². The number of ether oxygens (including phenoxy) is 1. The standard InChI is InChI=1S/C20H32N2O2/c1-15(2)12-19(20(23)24-18-6-4-5-7-18)22-14-17-10-8-16(9-11-17)13-21-3/h8-11,15,18-19,21-22H,4-7,12-14H2,1-3H3/t19-/m0/s1. The molecule has 0 unspecified atom stereocenters. The molecule has 0 bridgehead atoms. The van der Waals surface area contributed by atoms with Crippen LogP contribution in [-0.2, 0) is 22.6 Å². The highest BCUT2D eigenvalue weighted by molar-refractivity contribution is 5.76. The van der Waals surface area contributed by atoms with Gasteiger partial charge >= 0.3 is 5.97 Å². The molecule has 0 heterocycles. The zero-order valence-corrected chi connectivity index (χ0v) is 15.3. The molecule has 2 N–H and O–H groups in total. The summed E-state index contributed by atoms with van der Waals surface area (Å²) in [7, 11) is 1.95. The average Bonchev–Trinajstić information content (AvgIpc) is 3.05. The molecule has 1 fully saturated rings. The quantitative estimate of drug-likeness (QED) is 0.681. The number of esters is 1. The predicted octanol–water partition coefficient (Wildman–Crippen LogP) is 3.40. The summed E-state index contributed by atoms with van der Waals surface area (Å²) in [6.07, 6.45) is 5.34. The van der Waals surface area contributed by atoms with Gasteiger partial charge in [0.2, 0.25) is 0 Å². The van der Waals surface area contributed by atoms with Crippen LogP contribution < -0.4 is 10.6 Å². The fraction of sp³-hybridized carbons (Fsp3) is 0.650. The molecule has 1 saturated carbocycles. The maximum absolute atomic E-state index is 12.5. The minimum absolute atomic E-state index is 0.0811. The third-order valence-electron chi connectivity index (χ3n) is 4.53. The largest absolute Gasteiger partial charge is 0.461 e.